The van der Waals surface area contributed by atoms with E-state index < -0.39 is 0 Å². The van der Waals surface area contributed by atoms with Crippen molar-refractivity contribution in [1.29, 1.82) is 0 Å². The Bertz CT molecular complexity index is 405. The summed E-state index contributed by atoms with van der Waals surface area (Å²) < 4.78 is 0. The maximum absolute atomic E-state index is 10.6. The third-order valence-corrected chi connectivity index (χ3v) is 1.85. The Balaban J connectivity index is 0.000000165. The largest absolute Gasteiger partial charge is 0.289 e. The number of nitrogens with one attached hydrogen (secondary N) is 2. The van der Waals surface area contributed by atoms with Crippen LogP contribution in [0.5, 0.6) is 0 Å². The molecule has 2 heterocycles. The predicted molar refractivity (Wildman–Crippen MR) is 53.8 cm³/mol. The van der Waals surface area contributed by atoms with Crippen molar-refractivity contribution in [2.75, 3.05) is 0 Å². The molecule has 6 heteroatoms. The standard InChI is InChI=1S/C6H7NO2.C4H3NO2/c1-2-4-3-5(8)7-6(4)9;6-3-1-2-4(7)5-3/h3H,2H2,1H3,(H,7,8,9);1-2H,(H,5,6,7). The molecule has 6 nitrogen and oxygen atoms in total. The minimum Gasteiger partial charge on any atom is -0.289 e. The summed E-state index contributed by atoms with van der Waals surface area (Å²) in [5, 5.41) is 4.18. The molecule has 0 atom stereocenters. The molecule has 0 aromatic carbocycles. The van der Waals surface area contributed by atoms with Gasteiger partial charge in [-0.3, -0.25) is 29.8 Å². The van der Waals surface area contributed by atoms with Crippen LogP contribution >= 0.6 is 0 Å². The van der Waals surface area contributed by atoms with Gasteiger partial charge in [-0.15, -0.1) is 0 Å². The van der Waals surface area contributed by atoms with Crippen molar-refractivity contribution in [2.45, 2.75) is 13.3 Å². The molecule has 0 spiro atoms. The molecule has 0 aromatic heterocycles. The summed E-state index contributed by atoms with van der Waals surface area (Å²) in [4.78, 5) is 41.1. The zero-order chi connectivity index (χ0) is 12.1. The van der Waals surface area contributed by atoms with Gasteiger partial charge in [0.15, 0.2) is 0 Å². The average molecular weight is 222 g/mol. The first-order valence-electron chi connectivity index (χ1n) is 4.62. The zero-order valence-corrected chi connectivity index (χ0v) is 8.57. The van der Waals surface area contributed by atoms with E-state index in [-0.39, 0.29) is 23.6 Å². The van der Waals surface area contributed by atoms with Gasteiger partial charge in [-0.2, -0.15) is 0 Å². The summed E-state index contributed by atoms with van der Waals surface area (Å²) in [5.74, 6) is -1.20. The number of amides is 4. The van der Waals surface area contributed by atoms with Crippen molar-refractivity contribution in [2.24, 2.45) is 0 Å². The molecule has 0 aliphatic carbocycles. The fourth-order valence-corrected chi connectivity index (χ4v) is 1.07. The smallest absolute Gasteiger partial charge is 0.254 e. The normalized spacial score (nSPS) is 17.7. The highest BCUT2D eigenvalue weighted by molar-refractivity contribution is 6.16. The number of hydrogen-bond donors (Lipinski definition) is 2. The fourth-order valence-electron chi connectivity index (χ4n) is 1.07. The van der Waals surface area contributed by atoms with Gasteiger partial charge in [0.05, 0.1) is 0 Å². The molecule has 0 saturated heterocycles. The highest BCUT2D eigenvalue weighted by atomic mass is 16.2. The predicted octanol–water partition coefficient (Wildman–Crippen LogP) is -0.822. The first-order valence-corrected chi connectivity index (χ1v) is 4.62. The van der Waals surface area contributed by atoms with Gasteiger partial charge >= 0.3 is 0 Å². The van der Waals surface area contributed by atoms with Crippen LogP contribution in [0.2, 0.25) is 0 Å². The maximum atomic E-state index is 10.6. The molecule has 0 bridgehead atoms. The van der Waals surface area contributed by atoms with Crippen molar-refractivity contribution in [3.05, 3.63) is 23.8 Å². The average Bonchev–Trinajstić information content (AvgIpc) is 2.73. The van der Waals surface area contributed by atoms with E-state index in [4.69, 9.17) is 0 Å². The van der Waals surface area contributed by atoms with Gasteiger partial charge in [-0.1, -0.05) is 6.92 Å². The van der Waals surface area contributed by atoms with Crippen molar-refractivity contribution in [3.63, 3.8) is 0 Å². The Hall–Kier alpha value is -2.24. The Kier molecular flexibility index (Phi) is 3.71. The van der Waals surface area contributed by atoms with Crippen LogP contribution in [0.25, 0.3) is 0 Å². The van der Waals surface area contributed by atoms with Crippen LogP contribution in [0, 0.1) is 0 Å². The number of carbonyl (C=O) groups is 4. The van der Waals surface area contributed by atoms with E-state index in [1.54, 1.807) is 0 Å². The van der Waals surface area contributed by atoms with Gasteiger partial charge in [-0.05, 0) is 6.42 Å². The van der Waals surface area contributed by atoms with Crippen LogP contribution in [0.15, 0.2) is 23.8 Å². The summed E-state index contributed by atoms with van der Waals surface area (Å²) in [6.07, 6.45) is 4.35. The molecule has 16 heavy (non-hydrogen) atoms. The second-order valence-electron chi connectivity index (χ2n) is 3.03. The van der Waals surface area contributed by atoms with E-state index in [1.165, 1.54) is 18.2 Å². The summed E-state index contributed by atoms with van der Waals surface area (Å²) >= 11 is 0. The Morgan fingerprint density at radius 3 is 1.69 bits per heavy atom. The monoisotopic (exact) mass is 222 g/mol. The van der Waals surface area contributed by atoms with E-state index in [1.807, 2.05) is 12.2 Å². The van der Waals surface area contributed by atoms with Crippen molar-refractivity contribution < 1.29 is 19.2 Å². The lowest BCUT2D eigenvalue weighted by molar-refractivity contribution is -0.125. The number of carbonyl (C=O) groups excluding carboxylic acids is 4. The van der Waals surface area contributed by atoms with Crippen molar-refractivity contribution in [3.8, 4) is 0 Å². The van der Waals surface area contributed by atoms with Gasteiger partial charge < -0.3 is 0 Å². The molecule has 2 aliphatic rings. The summed E-state index contributed by atoms with van der Waals surface area (Å²) in [6.45, 7) is 1.84. The molecular formula is C10H10N2O4. The highest BCUT2D eigenvalue weighted by Crippen LogP contribution is 2.04. The first kappa shape index (κ1) is 11.8. The number of hydrogen-bond acceptors (Lipinski definition) is 4. The number of imide groups is 2. The molecule has 2 rings (SSSR count). The first-order chi connectivity index (χ1) is 7.52. The zero-order valence-electron chi connectivity index (χ0n) is 8.57. The van der Waals surface area contributed by atoms with Crippen LogP contribution in [0.3, 0.4) is 0 Å². The topological polar surface area (TPSA) is 92.3 Å². The van der Waals surface area contributed by atoms with Crippen LogP contribution in [0.4, 0.5) is 0 Å². The molecule has 0 saturated carbocycles. The highest BCUT2D eigenvalue weighted by Gasteiger charge is 2.17. The van der Waals surface area contributed by atoms with Gasteiger partial charge in [0.1, 0.15) is 0 Å². The molecule has 2 aliphatic heterocycles. The Labute approximate surface area is 91.4 Å². The van der Waals surface area contributed by atoms with Crippen molar-refractivity contribution in [1.82, 2.24) is 10.6 Å². The van der Waals surface area contributed by atoms with Crippen LogP contribution in [-0.2, 0) is 19.2 Å². The molecule has 2 N–H and O–H groups in total. The summed E-state index contributed by atoms with van der Waals surface area (Å²) in [6, 6.07) is 0. The molecule has 84 valence electrons. The van der Waals surface area contributed by atoms with Crippen LogP contribution in [0.1, 0.15) is 13.3 Å². The quantitative estimate of drug-likeness (QED) is 0.567. The Morgan fingerprint density at radius 2 is 1.50 bits per heavy atom. The Morgan fingerprint density at radius 1 is 0.938 bits per heavy atom. The third-order valence-electron chi connectivity index (χ3n) is 1.85. The van der Waals surface area contributed by atoms with Gasteiger partial charge in [-0.25, -0.2) is 0 Å². The van der Waals surface area contributed by atoms with Crippen LogP contribution in [-0.4, -0.2) is 23.6 Å². The maximum Gasteiger partial charge on any atom is 0.254 e. The minimum atomic E-state index is -0.329. The molecule has 0 fully saturated rings. The van der Waals surface area contributed by atoms with E-state index in [9.17, 15) is 19.2 Å². The fraction of sp³-hybridized carbons (Fsp3) is 0.200. The summed E-state index contributed by atoms with van der Waals surface area (Å²) in [7, 11) is 0. The molecule has 0 radical (unpaired) electrons. The van der Waals surface area contributed by atoms with E-state index in [0.29, 0.717) is 12.0 Å². The lowest BCUT2D eigenvalue weighted by Gasteiger charge is -1.89. The van der Waals surface area contributed by atoms with E-state index >= 15 is 0 Å². The van der Waals surface area contributed by atoms with Gasteiger partial charge in [0.2, 0.25) is 0 Å². The molecular weight excluding hydrogens is 212 g/mol. The van der Waals surface area contributed by atoms with Gasteiger partial charge in [0, 0.05) is 23.8 Å². The third kappa shape index (κ3) is 3.16. The molecule has 0 unspecified atom stereocenters. The summed E-state index contributed by atoms with van der Waals surface area (Å²) in [5.41, 5.74) is 0.569. The van der Waals surface area contributed by atoms with Crippen LogP contribution < -0.4 is 10.6 Å². The lowest BCUT2D eigenvalue weighted by atomic mass is 10.2. The second-order valence-corrected chi connectivity index (χ2v) is 3.03. The molecule has 0 aromatic rings. The number of rotatable bonds is 1. The van der Waals surface area contributed by atoms with Crippen molar-refractivity contribution >= 4 is 23.6 Å². The minimum absolute atomic E-state index is 0.248. The molecule has 4 amide bonds. The lowest BCUT2D eigenvalue weighted by Crippen LogP contribution is -2.21. The second kappa shape index (κ2) is 5.01. The van der Waals surface area contributed by atoms with E-state index in [0.717, 1.165) is 0 Å². The SMILES string of the molecule is CCC1=CC(=O)NC1=O.O=C1C=CC(=O)N1. The van der Waals surface area contributed by atoms with E-state index in [2.05, 4.69) is 5.32 Å². The van der Waals surface area contributed by atoms with Gasteiger partial charge in [0.25, 0.3) is 23.6 Å².